The number of carbonyl (C=O) groups is 1. The number of carbonyl (C=O) groups excluding carboxylic acids is 1. The van der Waals surface area contributed by atoms with Crippen molar-refractivity contribution in [1.82, 2.24) is 0 Å². The maximum Gasteiger partial charge on any atom is 0.277 e. The van der Waals surface area contributed by atoms with Crippen LogP contribution in [0.4, 0.5) is 5.69 Å². The highest BCUT2D eigenvalue weighted by atomic mass is 35.5. The summed E-state index contributed by atoms with van der Waals surface area (Å²) in [6.07, 6.45) is 0.995. The second kappa shape index (κ2) is 7.27. The van der Waals surface area contributed by atoms with E-state index in [-0.39, 0.29) is 28.7 Å². The molecule has 0 aromatic heterocycles. The fraction of sp³-hybridized carbons (Fsp3) is 0.529. The van der Waals surface area contributed by atoms with E-state index in [9.17, 15) is 13.2 Å². The van der Waals surface area contributed by atoms with Gasteiger partial charge in [-0.25, -0.2) is 8.42 Å². The van der Waals surface area contributed by atoms with E-state index in [1.165, 1.54) is 18.9 Å². The van der Waals surface area contributed by atoms with Crippen molar-refractivity contribution in [3.63, 3.8) is 0 Å². The molecule has 0 bridgehead atoms. The number of sulfone groups is 1. The van der Waals surface area contributed by atoms with E-state index in [4.69, 9.17) is 21.1 Å². The Morgan fingerprint density at radius 3 is 2.89 bits per heavy atom. The summed E-state index contributed by atoms with van der Waals surface area (Å²) >= 11 is 7.60. The zero-order chi connectivity index (χ0) is 19.2. The van der Waals surface area contributed by atoms with E-state index in [2.05, 4.69) is 4.99 Å². The molecule has 0 N–H and O–H groups in total. The minimum atomic E-state index is -3.12. The van der Waals surface area contributed by atoms with Crippen molar-refractivity contribution in [2.45, 2.75) is 30.2 Å². The van der Waals surface area contributed by atoms with Crippen LogP contribution in [0.3, 0.4) is 0 Å². The number of halogens is 1. The molecule has 10 heteroatoms. The van der Waals surface area contributed by atoms with Crippen LogP contribution in [0, 0.1) is 0 Å². The second-order valence-corrected chi connectivity index (χ2v) is 10.5. The Balaban J connectivity index is 1.70. The zero-order valence-corrected chi connectivity index (χ0v) is 17.0. The SMILES string of the molecule is COc1ccc(N2C(=NC(=O)C3CCCO3)S[C@@H]3CS(=O)(=O)C[C@@H]32)cc1Cl. The number of ether oxygens (including phenoxy) is 2. The van der Waals surface area contributed by atoms with Gasteiger partial charge in [-0.05, 0) is 31.0 Å². The predicted octanol–water partition coefficient (Wildman–Crippen LogP) is 2.13. The summed E-state index contributed by atoms with van der Waals surface area (Å²) < 4.78 is 34.8. The maximum absolute atomic E-state index is 12.5. The molecule has 0 radical (unpaired) electrons. The molecule has 0 aliphatic carbocycles. The first kappa shape index (κ1) is 19.0. The molecule has 0 saturated carbocycles. The van der Waals surface area contributed by atoms with Gasteiger partial charge in [0.2, 0.25) is 0 Å². The van der Waals surface area contributed by atoms with Crippen LogP contribution in [0.2, 0.25) is 5.02 Å². The third kappa shape index (κ3) is 3.70. The molecule has 1 aromatic rings. The lowest BCUT2D eigenvalue weighted by Gasteiger charge is -2.25. The van der Waals surface area contributed by atoms with Gasteiger partial charge in [-0.1, -0.05) is 23.4 Å². The van der Waals surface area contributed by atoms with Crippen LogP contribution < -0.4 is 9.64 Å². The lowest BCUT2D eigenvalue weighted by atomic mass is 10.2. The fourth-order valence-electron chi connectivity index (χ4n) is 3.61. The highest BCUT2D eigenvalue weighted by molar-refractivity contribution is 8.16. The van der Waals surface area contributed by atoms with Gasteiger partial charge >= 0.3 is 0 Å². The van der Waals surface area contributed by atoms with Crippen LogP contribution in [0.5, 0.6) is 5.75 Å². The van der Waals surface area contributed by atoms with Gasteiger partial charge < -0.3 is 14.4 Å². The maximum atomic E-state index is 12.5. The molecule has 1 unspecified atom stereocenters. The van der Waals surface area contributed by atoms with Gasteiger partial charge in [0.05, 0.1) is 29.7 Å². The average Bonchev–Trinajstić information content (AvgIpc) is 3.29. The Morgan fingerprint density at radius 1 is 1.41 bits per heavy atom. The molecule has 3 aliphatic heterocycles. The molecule has 3 atom stereocenters. The summed E-state index contributed by atoms with van der Waals surface area (Å²) in [7, 11) is -1.59. The molecule has 3 saturated heterocycles. The van der Waals surface area contributed by atoms with Crippen LogP contribution >= 0.6 is 23.4 Å². The first-order chi connectivity index (χ1) is 12.9. The molecule has 27 heavy (non-hydrogen) atoms. The Bertz CT molecular complexity index is 899. The van der Waals surface area contributed by atoms with Crippen LogP contribution in [0.25, 0.3) is 0 Å². The Labute approximate surface area is 167 Å². The van der Waals surface area contributed by atoms with Crippen molar-refractivity contribution < 1.29 is 22.7 Å². The molecule has 3 aliphatic rings. The predicted molar refractivity (Wildman–Crippen MR) is 106 cm³/mol. The molecule has 0 spiro atoms. The fourth-order valence-corrected chi connectivity index (χ4v) is 7.78. The van der Waals surface area contributed by atoms with Gasteiger partial charge in [0.15, 0.2) is 15.0 Å². The van der Waals surface area contributed by atoms with Crippen molar-refractivity contribution in [2.75, 3.05) is 30.1 Å². The van der Waals surface area contributed by atoms with E-state index in [1.54, 1.807) is 18.2 Å². The van der Waals surface area contributed by atoms with Gasteiger partial charge in [0.1, 0.15) is 11.9 Å². The van der Waals surface area contributed by atoms with Crippen molar-refractivity contribution in [3.8, 4) is 5.75 Å². The van der Waals surface area contributed by atoms with Crippen molar-refractivity contribution in [2.24, 2.45) is 4.99 Å². The monoisotopic (exact) mass is 430 g/mol. The van der Waals surface area contributed by atoms with Crippen LogP contribution in [0.15, 0.2) is 23.2 Å². The highest BCUT2D eigenvalue weighted by Gasteiger charge is 2.49. The van der Waals surface area contributed by atoms with E-state index in [0.29, 0.717) is 34.7 Å². The van der Waals surface area contributed by atoms with E-state index in [0.717, 1.165) is 6.42 Å². The van der Waals surface area contributed by atoms with Crippen LogP contribution in [-0.4, -0.2) is 62.1 Å². The number of amides is 1. The number of benzene rings is 1. The van der Waals surface area contributed by atoms with E-state index in [1.807, 2.05) is 4.90 Å². The molecule has 3 fully saturated rings. The van der Waals surface area contributed by atoms with Crippen LogP contribution in [-0.2, 0) is 19.4 Å². The number of amidine groups is 1. The molecular weight excluding hydrogens is 412 g/mol. The largest absolute Gasteiger partial charge is 0.495 e. The topological polar surface area (TPSA) is 85.3 Å². The number of aliphatic imine (C=N–C) groups is 1. The quantitative estimate of drug-likeness (QED) is 0.726. The molecule has 1 amide bonds. The summed E-state index contributed by atoms with van der Waals surface area (Å²) in [4.78, 5) is 18.6. The molecule has 1 aromatic carbocycles. The molecule has 4 rings (SSSR count). The average molecular weight is 431 g/mol. The van der Waals surface area contributed by atoms with E-state index < -0.39 is 15.9 Å². The third-order valence-electron chi connectivity index (χ3n) is 4.89. The smallest absolute Gasteiger partial charge is 0.277 e. The summed E-state index contributed by atoms with van der Waals surface area (Å²) in [6.45, 7) is 0.565. The number of thioether (sulfide) groups is 1. The Morgan fingerprint density at radius 2 is 2.22 bits per heavy atom. The Hall–Kier alpha value is -1.29. The summed E-state index contributed by atoms with van der Waals surface area (Å²) in [5.74, 6) is 0.316. The lowest BCUT2D eigenvalue weighted by molar-refractivity contribution is -0.126. The van der Waals surface area contributed by atoms with Gasteiger partial charge in [-0.3, -0.25) is 4.79 Å². The molecule has 7 nitrogen and oxygen atoms in total. The van der Waals surface area contributed by atoms with Crippen molar-refractivity contribution >= 4 is 50.0 Å². The minimum absolute atomic E-state index is 0.0292. The first-order valence-electron chi connectivity index (χ1n) is 8.62. The molecular formula is C17H19ClN2O5S2. The summed E-state index contributed by atoms with van der Waals surface area (Å²) in [5.41, 5.74) is 0.691. The number of nitrogens with zero attached hydrogens (tertiary/aromatic N) is 2. The number of methoxy groups -OCH3 is 1. The first-order valence-corrected chi connectivity index (χ1v) is 11.7. The molecule has 146 valence electrons. The van der Waals surface area contributed by atoms with Gasteiger partial charge in [0, 0.05) is 17.5 Å². The molecule has 3 heterocycles. The lowest BCUT2D eigenvalue weighted by Crippen LogP contribution is -2.38. The van der Waals surface area contributed by atoms with Gasteiger partial charge in [-0.15, -0.1) is 0 Å². The number of rotatable bonds is 3. The standard InChI is InChI=1S/C17H19ClN2O5S2/c1-24-13-5-4-10(7-11(13)18)20-12-8-27(22,23)9-15(12)26-17(20)19-16(21)14-3-2-6-25-14/h4-5,7,12,14-15H,2-3,6,8-9H2,1H3/t12-,14?,15+/m0/s1. The number of hydrogen-bond acceptors (Lipinski definition) is 6. The van der Waals surface area contributed by atoms with Gasteiger partial charge in [0.25, 0.3) is 5.91 Å². The second-order valence-electron chi connectivity index (χ2n) is 6.72. The van der Waals surface area contributed by atoms with Crippen molar-refractivity contribution in [3.05, 3.63) is 23.2 Å². The highest BCUT2D eigenvalue weighted by Crippen LogP contribution is 2.42. The third-order valence-corrected chi connectivity index (χ3v) is 8.40. The van der Waals surface area contributed by atoms with E-state index >= 15 is 0 Å². The van der Waals surface area contributed by atoms with Crippen LogP contribution in [0.1, 0.15) is 12.8 Å². The summed E-state index contributed by atoms with van der Waals surface area (Å²) in [5, 5.41) is 0.752. The number of hydrogen-bond donors (Lipinski definition) is 0. The minimum Gasteiger partial charge on any atom is -0.495 e. The summed E-state index contributed by atoms with van der Waals surface area (Å²) in [6, 6.07) is 4.95. The van der Waals surface area contributed by atoms with Gasteiger partial charge in [-0.2, -0.15) is 4.99 Å². The number of fused-ring (bicyclic) bond motifs is 1. The Kier molecular flexibility index (Phi) is 5.13. The normalized spacial score (nSPS) is 30.7. The number of anilines is 1. The van der Waals surface area contributed by atoms with Crippen molar-refractivity contribution in [1.29, 1.82) is 0 Å². The zero-order valence-electron chi connectivity index (χ0n) is 14.6.